The summed E-state index contributed by atoms with van der Waals surface area (Å²) in [5.41, 5.74) is -0.532. The van der Waals surface area contributed by atoms with Gasteiger partial charge in [-0.25, -0.2) is 0 Å². The number of carboxylic acids is 1. The van der Waals surface area contributed by atoms with E-state index in [-0.39, 0.29) is 25.4 Å². The fourth-order valence-corrected chi connectivity index (χ4v) is 2.18. The third-order valence-electron chi connectivity index (χ3n) is 3.24. The van der Waals surface area contributed by atoms with E-state index in [4.69, 9.17) is 9.84 Å². The minimum Gasteiger partial charge on any atom is -0.481 e. The summed E-state index contributed by atoms with van der Waals surface area (Å²) >= 11 is 0. The highest BCUT2D eigenvalue weighted by Crippen LogP contribution is 2.37. The lowest BCUT2D eigenvalue weighted by molar-refractivity contribution is -0.137. The fourth-order valence-electron chi connectivity index (χ4n) is 2.18. The largest absolute Gasteiger partial charge is 0.481 e. The molecule has 7 nitrogen and oxygen atoms in total. The average Bonchev–Trinajstić information content (AvgIpc) is 2.43. The molecule has 0 radical (unpaired) electrons. The molecule has 0 fully saturated rings. The van der Waals surface area contributed by atoms with Crippen LogP contribution >= 0.6 is 0 Å². The number of amides is 2. The van der Waals surface area contributed by atoms with Crippen molar-refractivity contribution in [3.8, 4) is 5.75 Å². The molecule has 0 aliphatic carbocycles. The summed E-state index contributed by atoms with van der Waals surface area (Å²) in [5.74, 6) is -1.19. The normalized spacial score (nSPS) is 15.7. The van der Waals surface area contributed by atoms with Crippen LogP contribution in [0.25, 0.3) is 0 Å². The van der Waals surface area contributed by atoms with Gasteiger partial charge in [-0.3, -0.25) is 19.3 Å². The number of aliphatic carboxylic acids is 1. The summed E-state index contributed by atoms with van der Waals surface area (Å²) in [6.45, 7) is 3.13. The van der Waals surface area contributed by atoms with E-state index in [1.54, 1.807) is 38.1 Å². The van der Waals surface area contributed by atoms with Gasteiger partial charge < -0.3 is 15.2 Å². The van der Waals surface area contributed by atoms with Crippen molar-refractivity contribution in [3.63, 3.8) is 0 Å². The van der Waals surface area contributed by atoms with Crippen molar-refractivity contribution in [2.24, 2.45) is 0 Å². The third-order valence-corrected chi connectivity index (χ3v) is 3.24. The number of nitrogens with one attached hydrogen (secondary N) is 1. The summed E-state index contributed by atoms with van der Waals surface area (Å²) in [5, 5.41) is 11.0. The number of rotatable bonds is 5. The van der Waals surface area contributed by atoms with Crippen molar-refractivity contribution in [2.75, 3.05) is 18.0 Å². The standard InChI is InChI=1S/C15H18N2O5/c1-15(2)14(21)17(9-12(18)16-8-7-13(19)20)10-5-3-4-6-11(10)22-15/h3-6H,7-9H2,1-2H3,(H,16,18)(H,19,20). The van der Waals surface area contributed by atoms with Gasteiger partial charge in [0.15, 0.2) is 5.60 Å². The first-order valence-corrected chi connectivity index (χ1v) is 6.90. The smallest absolute Gasteiger partial charge is 0.305 e. The molecule has 1 aromatic rings. The molecule has 0 saturated heterocycles. The van der Waals surface area contributed by atoms with Crippen molar-refractivity contribution in [3.05, 3.63) is 24.3 Å². The zero-order chi connectivity index (χ0) is 16.3. The van der Waals surface area contributed by atoms with Crippen molar-refractivity contribution < 1.29 is 24.2 Å². The number of ether oxygens (including phenoxy) is 1. The van der Waals surface area contributed by atoms with Crippen molar-refractivity contribution in [1.29, 1.82) is 0 Å². The Kier molecular flexibility index (Phi) is 4.35. The number of carboxylic acid groups (broad SMARTS) is 1. The van der Waals surface area contributed by atoms with Crippen LogP contribution < -0.4 is 15.0 Å². The number of carbonyl (C=O) groups is 3. The van der Waals surface area contributed by atoms with E-state index in [9.17, 15) is 14.4 Å². The maximum Gasteiger partial charge on any atom is 0.305 e. The molecule has 1 aliphatic heterocycles. The monoisotopic (exact) mass is 306 g/mol. The molecule has 7 heteroatoms. The molecule has 0 aromatic heterocycles. The molecule has 0 atom stereocenters. The quantitative estimate of drug-likeness (QED) is 0.838. The summed E-state index contributed by atoms with van der Waals surface area (Å²) in [7, 11) is 0. The Morgan fingerprint density at radius 3 is 2.68 bits per heavy atom. The Balaban J connectivity index is 2.13. The van der Waals surface area contributed by atoms with Gasteiger partial charge in [0, 0.05) is 6.54 Å². The van der Waals surface area contributed by atoms with Gasteiger partial charge in [-0.15, -0.1) is 0 Å². The second-order valence-corrected chi connectivity index (χ2v) is 5.47. The molecule has 2 N–H and O–H groups in total. The van der Waals surface area contributed by atoms with E-state index >= 15 is 0 Å². The minimum absolute atomic E-state index is 0.0255. The molecule has 0 bridgehead atoms. The summed E-state index contributed by atoms with van der Waals surface area (Å²) in [6, 6.07) is 6.98. The maximum atomic E-state index is 12.5. The van der Waals surface area contributed by atoms with Gasteiger partial charge in [-0.1, -0.05) is 12.1 Å². The first-order chi connectivity index (χ1) is 10.3. The number of fused-ring (bicyclic) bond motifs is 1. The Bertz CT molecular complexity index is 612. The highest BCUT2D eigenvalue weighted by atomic mass is 16.5. The molecule has 118 valence electrons. The summed E-state index contributed by atoms with van der Waals surface area (Å²) in [6.07, 6.45) is -0.162. The topological polar surface area (TPSA) is 95.9 Å². The van der Waals surface area contributed by atoms with Gasteiger partial charge in [-0.2, -0.15) is 0 Å². The molecule has 2 rings (SSSR count). The average molecular weight is 306 g/mol. The number of carbonyl (C=O) groups excluding carboxylic acids is 2. The van der Waals surface area contributed by atoms with Gasteiger partial charge in [0.25, 0.3) is 5.91 Å². The number of hydrogen-bond donors (Lipinski definition) is 2. The minimum atomic E-state index is -1.06. The second-order valence-electron chi connectivity index (χ2n) is 5.47. The van der Waals surface area contributed by atoms with E-state index in [0.29, 0.717) is 11.4 Å². The van der Waals surface area contributed by atoms with Gasteiger partial charge in [0.2, 0.25) is 5.91 Å². The van der Waals surface area contributed by atoms with Crippen LogP contribution in [0.4, 0.5) is 5.69 Å². The van der Waals surface area contributed by atoms with Gasteiger partial charge >= 0.3 is 5.97 Å². The molecular weight excluding hydrogens is 288 g/mol. The van der Waals surface area contributed by atoms with Gasteiger partial charge in [-0.05, 0) is 26.0 Å². The van der Waals surface area contributed by atoms with Crippen molar-refractivity contribution in [1.82, 2.24) is 5.32 Å². The highest BCUT2D eigenvalue weighted by molar-refractivity contribution is 6.05. The number of anilines is 1. The predicted molar refractivity (Wildman–Crippen MR) is 78.8 cm³/mol. The third kappa shape index (κ3) is 3.36. The molecule has 0 spiro atoms. The van der Waals surface area contributed by atoms with Crippen molar-refractivity contribution in [2.45, 2.75) is 25.9 Å². The van der Waals surface area contributed by atoms with E-state index in [1.807, 2.05) is 0 Å². The highest BCUT2D eigenvalue weighted by Gasteiger charge is 2.41. The lowest BCUT2D eigenvalue weighted by Crippen LogP contribution is -2.55. The van der Waals surface area contributed by atoms with Gasteiger partial charge in [0.05, 0.1) is 12.1 Å². The Hall–Kier alpha value is -2.57. The van der Waals surface area contributed by atoms with Crippen LogP contribution in [0.15, 0.2) is 24.3 Å². The molecule has 2 amide bonds. The summed E-state index contributed by atoms with van der Waals surface area (Å²) in [4.78, 5) is 36.2. The zero-order valence-corrected chi connectivity index (χ0v) is 12.5. The van der Waals surface area contributed by atoms with Crippen LogP contribution in [-0.2, 0) is 14.4 Å². The number of hydrogen-bond acceptors (Lipinski definition) is 4. The van der Waals surface area contributed by atoms with Crippen LogP contribution in [0.2, 0.25) is 0 Å². The van der Waals surface area contributed by atoms with Crippen LogP contribution in [0.1, 0.15) is 20.3 Å². The number of para-hydroxylation sites is 2. The Morgan fingerprint density at radius 2 is 2.00 bits per heavy atom. The van der Waals surface area contributed by atoms with E-state index in [0.717, 1.165) is 0 Å². The lowest BCUT2D eigenvalue weighted by Gasteiger charge is -2.38. The van der Waals surface area contributed by atoms with E-state index in [1.165, 1.54) is 4.90 Å². The SMILES string of the molecule is CC1(C)Oc2ccccc2N(CC(=O)NCCC(=O)O)C1=O. The van der Waals surface area contributed by atoms with Crippen LogP contribution in [0.3, 0.4) is 0 Å². The maximum absolute atomic E-state index is 12.5. The predicted octanol–water partition coefficient (Wildman–Crippen LogP) is 0.782. The molecule has 1 aromatic carbocycles. The van der Waals surface area contributed by atoms with E-state index < -0.39 is 17.5 Å². The molecule has 0 unspecified atom stereocenters. The first-order valence-electron chi connectivity index (χ1n) is 6.90. The first kappa shape index (κ1) is 15.8. The van der Waals surface area contributed by atoms with Gasteiger partial charge in [0.1, 0.15) is 12.3 Å². The van der Waals surface area contributed by atoms with Crippen LogP contribution in [-0.4, -0.2) is 41.6 Å². The molecule has 0 saturated carbocycles. The second kappa shape index (κ2) is 6.05. The fraction of sp³-hybridized carbons (Fsp3) is 0.400. The van der Waals surface area contributed by atoms with Crippen LogP contribution in [0, 0.1) is 0 Å². The molecule has 22 heavy (non-hydrogen) atoms. The Morgan fingerprint density at radius 1 is 1.32 bits per heavy atom. The molecular formula is C15H18N2O5. The molecule has 1 heterocycles. The van der Waals surface area contributed by atoms with Crippen molar-refractivity contribution >= 4 is 23.5 Å². The van der Waals surface area contributed by atoms with Crippen LogP contribution in [0.5, 0.6) is 5.75 Å². The number of benzene rings is 1. The molecule has 1 aliphatic rings. The summed E-state index contributed by atoms with van der Waals surface area (Å²) < 4.78 is 5.66. The van der Waals surface area contributed by atoms with E-state index in [2.05, 4.69) is 5.32 Å². The Labute approximate surface area is 127 Å². The zero-order valence-electron chi connectivity index (χ0n) is 12.5. The lowest BCUT2D eigenvalue weighted by atomic mass is 10.0. The number of nitrogens with zero attached hydrogens (tertiary/aromatic N) is 1.